The van der Waals surface area contributed by atoms with Crippen LogP contribution in [0, 0.1) is 0 Å². The van der Waals surface area contributed by atoms with Crippen LogP contribution in [0.1, 0.15) is 0 Å². The molecule has 0 radical (unpaired) electrons. The average molecular weight is 234 g/mol. The van der Waals surface area contributed by atoms with E-state index >= 15 is 0 Å². The fraction of sp³-hybridized carbons (Fsp3) is 0. The van der Waals surface area contributed by atoms with Crippen molar-refractivity contribution >= 4 is 29.6 Å². The van der Waals surface area contributed by atoms with Gasteiger partial charge in [0.15, 0.2) is 0 Å². The normalized spacial score (nSPS) is 21.8. The molecule has 0 atom stereocenters. The number of rotatable bonds is 2. The van der Waals surface area contributed by atoms with Crippen LogP contribution in [0.2, 0.25) is 0 Å². The van der Waals surface area contributed by atoms with Crippen LogP contribution in [-0.4, -0.2) is 29.6 Å². The Morgan fingerprint density at radius 1 is 0.909 bits per heavy atom. The Bertz CT molecular complexity index is 239. The summed E-state index contributed by atoms with van der Waals surface area (Å²) >= 11 is -12.4. The fourth-order valence-electron chi connectivity index (χ4n) is 0.0119. The first-order valence-electron chi connectivity index (χ1n) is 1.68. The SMILES string of the molecule is [NaH].[O]=[Ti]([F])([F])([F])([F])([O]F)[O]F. The maximum absolute atomic E-state index is 12.4. The van der Waals surface area contributed by atoms with Gasteiger partial charge in [-0.25, -0.2) is 0 Å². The molecule has 0 aromatic rings. The summed E-state index contributed by atoms with van der Waals surface area (Å²) in [6.45, 7) is 0. The van der Waals surface area contributed by atoms with E-state index in [-0.39, 0.29) is 29.6 Å². The van der Waals surface area contributed by atoms with Gasteiger partial charge < -0.3 is 0 Å². The molecule has 0 bridgehead atoms. The van der Waals surface area contributed by atoms with Gasteiger partial charge in [0.25, 0.3) is 0 Å². The summed E-state index contributed by atoms with van der Waals surface area (Å²) in [5.74, 6) is 0. The van der Waals surface area contributed by atoms with E-state index in [1.807, 2.05) is 0 Å². The van der Waals surface area contributed by atoms with Crippen molar-refractivity contribution in [1.82, 2.24) is 0 Å². The predicted molar refractivity (Wildman–Crippen MR) is 16.7 cm³/mol. The molecular formula is HF6NaO3Ti. The molecule has 0 fully saturated rings. The third-order valence-electron chi connectivity index (χ3n) is 0.359. The first-order chi connectivity index (χ1) is 3.84. The van der Waals surface area contributed by atoms with Crippen molar-refractivity contribution in [2.75, 3.05) is 0 Å². The minimum absolute atomic E-state index is 0. The average Bonchev–Trinajstić information content (AvgIpc) is 1.66. The van der Waals surface area contributed by atoms with Crippen molar-refractivity contribution in [3.63, 3.8) is 0 Å². The van der Waals surface area contributed by atoms with Crippen molar-refractivity contribution in [3.8, 4) is 0 Å². The van der Waals surface area contributed by atoms with Crippen LogP contribution in [0.15, 0.2) is 0 Å². The fourth-order valence-corrected chi connectivity index (χ4v) is 0.0491. The minimum atomic E-state index is -12.4. The van der Waals surface area contributed by atoms with E-state index in [0.717, 1.165) is 0 Å². The molecule has 0 aromatic heterocycles. The molecule has 0 amide bonds. The summed E-state index contributed by atoms with van der Waals surface area (Å²) in [5.41, 5.74) is 0. The second-order valence-corrected chi connectivity index (χ2v) is 7.25. The Hall–Kier alpha value is 1.01. The maximum atomic E-state index is 11.0. The van der Waals surface area contributed by atoms with Crippen LogP contribution in [0.4, 0.5) is 21.4 Å². The van der Waals surface area contributed by atoms with Crippen LogP contribution < -0.4 is 0 Å². The van der Waals surface area contributed by atoms with E-state index in [4.69, 9.17) is 3.32 Å². The zero-order valence-corrected chi connectivity index (χ0v) is 5.55. The molecule has 0 aromatic carbocycles. The molecule has 0 saturated heterocycles. The Morgan fingerprint density at radius 3 is 1.09 bits per heavy atom. The molecule has 11 heavy (non-hydrogen) atoms. The quantitative estimate of drug-likeness (QED) is 0.537. The summed E-state index contributed by atoms with van der Waals surface area (Å²) in [5, 5.41) is 0. The number of halogens is 6. The molecule has 0 rings (SSSR count). The van der Waals surface area contributed by atoms with E-state index in [1.165, 1.54) is 0 Å². The Morgan fingerprint density at radius 2 is 1.09 bits per heavy atom. The van der Waals surface area contributed by atoms with Crippen LogP contribution >= 0.6 is 0 Å². The number of hydrogen-bond acceptors (Lipinski definition) is 3. The number of hydrogen-bond donors (Lipinski definition) is 0. The van der Waals surface area contributed by atoms with Gasteiger partial charge in [0.1, 0.15) is 0 Å². The van der Waals surface area contributed by atoms with E-state index in [1.54, 1.807) is 0 Å². The Kier molecular flexibility index (Phi) is 2.53. The molecule has 0 aliphatic rings. The molecule has 0 N–H and O–H groups in total. The first kappa shape index (κ1) is 14.5. The van der Waals surface area contributed by atoms with Gasteiger partial charge in [0.05, 0.1) is 0 Å². The third-order valence-corrected chi connectivity index (χ3v) is 1.48. The van der Waals surface area contributed by atoms with Gasteiger partial charge in [-0.2, -0.15) is 0 Å². The van der Waals surface area contributed by atoms with E-state index in [0.29, 0.717) is 7.05 Å². The van der Waals surface area contributed by atoms with Gasteiger partial charge in [-0.05, 0) is 0 Å². The van der Waals surface area contributed by atoms with E-state index < -0.39 is 15.6 Å². The molecule has 66 valence electrons. The molecule has 0 saturated carbocycles. The molecular weight excluding hydrogens is 233 g/mol. The Balaban J connectivity index is 0. The molecule has 0 unspecified atom stereocenters. The standard InChI is InChI=1S/2FO.4FH.Na.O.Ti.H/c2*1-2;;;;;;;;/h;;4*1H;;;;/q2*-1;;;;;;;+6;/p-4. The summed E-state index contributed by atoms with van der Waals surface area (Å²) in [4.78, 5) is 0. The van der Waals surface area contributed by atoms with Gasteiger partial charge in [-0.15, -0.1) is 0 Å². The third kappa shape index (κ3) is 5.28. The van der Waals surface area contributed by atoms with Crippen molar-refractivity contribution in [2.24, 2.45) is 0 Å². The molecule has 0 spiro atoms. The second-order valence-electron chi connectivity index (χ2n) is 1.76. The molecule has 0 aliphatic carbocycles. The van der Waals surface area contributed by atoms with Crippen LogP contribution in [0.5, 0.6) is 0 Å². The predicted octanol–water partition coefficient (Wildman–Crippen LogP) is 1.61. The second kappa shape index (κ2) is 1.92. The van der Waals surface area contributed by atoms with Crippen molar-refractivity contribution in [1.29, 1.82) is 0 Å². The van der Waals surface area contributed by atoms with Crippen LogP contribution in [-0.2, 0) is 26.0 Å². The first-order valence-corrected chi connectivity index (χ1v) is 5.95. The van der Waals surface area contributed by atoms with E-state index in [9.17, 15) is 21.4 Å². The van der Waals surface area contributed by atoms with Gasteiger partial charge in [0.2, 0.25) is 0 Å². The molecule has 0 aliphatic heterocycles. The summed E-state index contributed by atoms with van der Waals surface area (Å²) in [7, 11) is 0. The molecule has 11 heteroatoms. The van der Waals surface area contributed by atoms with Gasteiger partial charge in [-0.1, -0.05) is 0 Å². The van der Waals surface area contributed by atoms with Crippen LogP contribution in [0.3, 0.4) is 0 Å². The van der Waals surface area contributed by atoms with Crippen LogP contribution in [0.25, 0.3) is 0 Å². The van der Waals surface area contributed by atoms with Gasteiger partial charge in [0, 0.05) is 0 Å². The van der Waals surface area contributed by atoms with E-state index in [2.05, 4.69) is 0 Å². The Labute approximate surface area is 76.7 Å². The van der Waals surface area contributed by atoms with Gasteiger partial charge >= 0.3 is 77.0 Å². The zero-order valence-electron chi connectivity index (χ0n) is 3.99. The molecule has 0 heterocycles. The zero-order chi connectivity index (χ0) is 8.79. The molecule has 3 nitrogen and oxygen atoms in total. The summed E-state index contributed by atoms with van der Waals surface area (Å²) in [6, 6.07) is 0. The van der Waals surface area contributed by atoms with Crippen molar-refractivity contribution < 1.29 is 47.4 Å². The van der Waals surface area contributed by atoms with Crippen molar-refractivity contribution in [2.45, 2.75) is 0 Å². The monoisotopic (exact) mass is 234 g/mol. The van der Waals surface area contributed by atoms with Gasteiger partial charge in [-0.3, -0.25) is 0 Å². The summed E-state index contributed by atoms with van der Waals surface area (Å²) < 4.78 is 74.7. The summed E-state index contributed by atoms with van der Waals surface area (Å²) in [6.07, 6.45) is 0. The van der Waals surface area contributed by atoms with Crippen molar-refractivity contribution in [3.05, 3.63) is 0 Å². The topological polar surface area (TPSA) is 35.5 Å².